The molecule has 0 amide bonds. The average Bonchev–Trinajstić information content (AvgIpc) is 2.38. The number of piperazine rings is 1. The second kappa shape index (κ2) is 5.38. The maximum absolute atomic E-state index is 9.20. The summed E-state index contributed by atoms with van der Waals surface area (Å²) >= 11 is 6.07. The number of hydrogen-bond acceptors (Lipinski definition) is 4. The summed E-state index contributed by atoms with van der Waals surface area (Å²) in [6, 6.07) is 8.50. The topological polar surface area (TPSA) is 42.3 Å². The van der Waals surface area contributed by atoms with E-state index in [-0.39, 0.29) is 0 Å². The van der Waals surface area contributed by atoms with Crippen LogP contribution in [0.25, 0.3) is 0 Å². The Morgan fingerprint density at radius 2 is 2.00 bits per heavy atom. The van der Waals surface area contributed by atoms with Gasteiger partial charge in [0.2, 0.25) is 0 Å². The Morgan fingerprint density at radius 3 is 2.68 bits per heavy atom. The fourth-order valence-corrected chi connectivity index (χ4v) is 3.03. The molecule has 5 heteroatoms. The summed E-state index contributed by atoms with van der Waals surface area (Å²) in [6.45, 7) is 6.40. The summed E-state index contributed by atoms with van der Waals surface area (Å²) in [7, 11) is 0. The summed E-state index contributed by atoms with van der Waals surface area (Å²) in [6.07, 6.45) is 0. The summed E-state index contributed by atoms with van der Waals surface area (Å²) < 4.78 is 0. The van der Waals surface area contributed by atoms with Crippen molar-refractivity contribution in [1.29, 1.82) is 5.26 Å². The normalized spacial score (nSPS) is 20.9. The van der Waals surface area contributed by atoms with Crippen LogP contribution in [0.2, 0.25) is 5.02 Å². The monoisotopic (exact) mass is 276 g/mol. The van der Waals surface area contributed by atoms with Crippen LogP contribution in [0.5, 0.6) is 0 Å². The van der Waals surface area contributed by atoms with Gasteiger partial charge in [-0.25, -0.2) is 0 Å². The van der Waals surface area contributed by atoms with Crippen molar-refractivity contribution < 1.29 is 0 Å². The minimum absolute atomic E-state index is 0.547. The number of anilines is 1. The van der Waals surface area contributed by atoms with Crippen LogP contribution in [-0.4, -0.2) is 50.2 Å². The summed E-state index contributed by atoms with van der Waals surface area (Å²) in [5, 5.41) is 13.1. The van der Waals surface area contributed by atoms with Crippen LogP contribution in [0.3, 0.4) is 0 Å². The van der Waals surface area contributed by atoms with Crippen LogP contribution in [0.4, 0.5) is 5.69 Å². The van der Waals surface area contributed by atoms with Crippen LogP contribution < -0.4 is 10.2 Å². The number of nitrogens with zero attached hydrogens (tertiary/aromatic N) is 3. The lowest BCUT2D eigenvalue weighted by Crippen LogP contribution is -2.63. The van der Waals surface area contributed by atoms with Crippen LogP contribution in [0.1, 0.15) is 5.56 Å². The van der Waals surface area contributed by atoms with Crippen molar-refractivity contribution in [3.8, 4) is 6.07 Å². The molecule has 0 aliphatic carbocycles. The van der Waals surface area contributed by atoms with Gasteiger partial charge in [0, 0.05) is 45.3 Å². The fourth-order valence-electron chi connectivity index (χ4n) is 2.82. The molecule has 1 aromatic rings. The summed E-state index contributed by atoms with van der Waals surface area (Å²) in [5.74, 6) is 0. The SMILES string of the molecule is N#Cc1c(Cl)cccc1N1CC(N2CCNCC2)C1. The smallest absolute Gasteiger partial charge is 0.103 e. The third-order valence-corrected chi connectivity index (χ3v) is 4.29. The minimum atomic E-state index is 0.547. The molecular formula is C14H17ClN4. The number of hydrogen-bond donors (Lipinski definition) is 1. The van der Waals surface area contributed by atoms with Gasteiger partial charge in [-0.2, -0.15) is 5.26 Å². The van der Waals surface area contributed by atoms with Gasteiger partial charge in [-0.1, -0.05) is 17.7 Å². The van der Waals surface area contributed by atoms with Crippen LogP contribution >= 0.6 is 11.6 Å². The first-order chi connectivity index (χ1) is 9.29. The highest BCUT2D eigenvalue weighted by Crippen LogP contribution is 2.31. The molecule has 4 nitrogen and oxygen atoms in total. The molecule has 100 valence electrons. The van der Waals surface area contributed by atoms with Crippen molar-refractivity contribution in [2.24, 2.45) is 0 Å². The lowest BCUT2D eigenvalue weighted by Gasteiger charge is -2.48. The molecule has 0 radical (unpaired) electrons. The molecule has 2 heterocycles. The number of benzene rings is 1. The third-order valence-electron chi connectivity index (χ3n) is 3.97. The molecule has 2 aliphatic heterocycles. The van der Waals surface area contributed by atoms with Crippen molar-refractivity contribution in [1.82, 2.24) is 10.2 Å². The molecule has 0 unspecified atom stereocenters. The second-order valence-corrected chi connectivity index (χ2v) is 5.50. The molecule has 19 heavy (non-hydrogen) atoms. The number of nitrogens with one attached hydrogen (secondary N) is 1. The van der Waals surface area contributed by atoms with Crippen LogP contribution in [0.15, 0.2) is 18.2 Å². The molecule has 2 fully saturated rings. The highest BCUT2D eigenvalue weighted by Gasteiger charge is 2.33. The zero-order valence-electron chi connectivity index (χ0n) is 10.8. The highest BCUT2D eigenvalue weighted by atomic mass is 35.5. The molecule has 0 bridgehead atoms. The summed E-state index contributed by atoms with van der Waals surface area (Å²) in [4.78, 5) is 4.78. The van der Waals surface area contributed by atoms with Crippen molar-refractivity contribution in [3.63, 3.8) is 0 Å². The summed E-state index contributed by atoms with van der Waals surface area (Å²) in [5.41, 5.74) is 1.57. The van der Waals surface area contributed by atoms with Gasteiger partial charge < -0.3 is 10.2 Å². The Balaban J connectivity index is 1.67. The van der Waals surface area contributed by atoms with Crippen LogP contribution in [0, 0.1) is 11.3 Å². The molecule has 0 atom stereocenters. The molecule has 1 N–H and O–H groups in total. The van der Waals surface area contributed by atoms with Gasteiger partial charge in [-0.15, -0.1) is 0 Å². The largest absolute Gasteiger partial charge is 0.367 e. The molecule has 0 aromatic heterocycles. The molecule has 1 aromatic carbocycles. The van der Waals surface area contributed by atoms with E-state index in [1.807, 2.05) is 12.1 Å². The van der Waals surface area contributed by atoms with Gasteiger partial charge in [0.1, 0.15) is 6.07 Å². The molecule has 3 rings (SSSR count). The third kappa shape index (κ3) is 2.42. The molecule has 0 spiro atoms. The minimum Gasteiger partial charge on any atom is -0.367 e. The van der Waals surface area contributed by atoms with E-state index in [9.17, 15) is 5.26 Å². The van der Waals surface area contributed by atoms with Gasteiger partial charge in [0.25, 0.3) is 0 Å². The Bertz CT molecular complexity index is 499. The number of rotatable bonds is 2. The standard InChI is InChI=1S/C14H17ClN4/c15-13-2-1-3-14(12(13)8-16)19-9-11(10-19)18-6-4-17-5-7-18/h1-3,11,17H,4-7,9-10H2. The van der Waals surface area contributed by atoms with E-state index in [0.717, 1.165) is 45.0 Å². The van der Waals surface area contributed by atoms with E-state index in [0.29, 0.717) is 16.6 Å². The first-order valence-corrected chi connectivity index (χ1v) is 7.05. The zero-order chi connectivity index (χ0) is 13.2. The van der Waals surface area contributed by atoms with E-state index in [1.165, 1.54) is 0 Å². The van der Waals surface area contributed by atoms with E-state index in [1.54, 1.807) is 6.07 Å². The molecule has 0 saturated carbocycles. The highest BCUT2D eigenvalue weighted by molar-refractivity contribution is 6.32. The number of halogens is 1. The van der Waals surface area contributed by atoms with Crippen LogP contribution in [-0.2, 0) is 0 Å². The Morgan fingerprint density at radius 1 is 1.26 bits per heavy atom. The van der Waals surface area contributed by atoms with E-state index in [2.05, 4.69) is 21.2 Å². The Labute approximate surface area is 118 Å². The lowest BCUT2D eigenvalue weighted by molar-refractivity contribution is 0.147. The number of nitriles is 1. The maximum atomic E-state index is 9.20. The first-order valence-electron chi connectivity index (χ1n) is 6.68. The fraction of sp³-hybridized carbons (Fsp3) is 0.500. The average molecular weight is 277 g/mol. The van der Waals surface area contributed by atoms with Gasteiger partial charge in [0.05, 0.1) is 16.3 Å². The van der Waals surface area contributed by atoms with Gasteiger partial charge in [-0.05, 0) is 12.1 Å². The first kappa shape index (κ1) is 12.7. The second-order valence-electron chi connectivity index (χ2n) is 5.09. The maximum Gasteiger partial charge on any atom is 0.103 e. The molecule has 2 saturated heterocycles. The predicted molar refractivity (Wildman–Crippen MR) is 76.6 cm³/mol. The zero-order valence-corrected chi connectivity index (χ0v) is 11.5. The Hall–Kier alpha value is -1.28. The van der Waals surface area contributed by atoms with Gasteiger partial charge >= 0.3 is 0 Å². The van der Waals surface area contributed by atoms with E-state index in [4.69, 9.17) is 11.6 Å². The van der Waals surface area contributed by atoms with E-state index >= 15 is 0 Å². The predicted octanol–water partition coefficient (Wildman–Crippen LogP) is 1.31. The van der Waals surface area contributed by atoms with Crippen molar-refractivity contribution >= 4 is 17.3 Å². The lowest BCUT2D eigenvalue weighted by atomic mass is 10.0. The van der Waals surface area contributed by atoms with Crippen molar-refractivity contribution in [2.45, 2.75) is 6.04 Å². The van der Waals surface area contributed by atoms with Crippen molar-refractivity contribution in [3.05, 3.63) is 28.8 Å². The van der Waals surface area contributed by atoms with Gasteiger partial charge in [-0.3, -0.25) is 4.90 Å². The quantitative estimate of drug-likeness (QED) is 0.884. The van der Waals surface area contributed by atoms with Crippen molar-refractivity contribution in [2.75, 3.05) is 44.2 Å². The van der Waals surface area contributed by atoms with E-state index < -0.39 is 0 Å². The molecular weight excluding hydrogens is 260 g/mol. The Kier molecular flexibility index (Phi) is 3.61. The van der Waals surface area contributed by atoms with Gasteiger partial charge in [0.15, 0.2) is 0 Å². The molecule has 2 aliphatic rings.